The number of para-hydroxylation sites is 1. The van der Waals surface area contributed by atoms with Crippen LogP contribution >= 0.6 is 11.6 Å². The molecule has 0 bridgehead atoms. The number of aryl methyl sites for hydroxylation is 1. The molecular weight excluding hydrogens is 314 g/mol. The molecule has 124 valence electrons. The topological polar surface area (TPSA) is 46.5 Å². The number of nitrogens with zero attached hydrogens (tertiary/aromatic N) is 2. The van der Waals surface area contributed by atoms with Gasteiger partial charge in [-0.3, -0.25) is 0 Å². The van der Waals surface area contributed by atoms with Gasteiger partial charge in [0.1, 0.15) is 5.75 Å². The van der Waals surface area contributed by atoms with Crippen LogP contribution in [-0.2, 0) is 20.1 Å². The lowest BCUT2D eigenvalue weighted by atomic mass is 10.2. The highest BCUT2D eigenvalue weighted by molar-refractivity contribution is 6.30. The Balaban J connectivity index is 1.93. The van der Waals surface area contributed by atoms with Crippen LogP contribution < -0.4 is 10.1 Å². The summed E-state index contributed by atoms with van der Waals surface area (Å²) in [5.74, 6) is 0.798. The van der Waals surface area contributed by atoms with Gasteiger partial charge >= 0.3 is 6.03 Å². The molecule has 1 aromatic heterocycles. The fraction of sp³-hybridized carbons (Fsp3) is 0.353. The Hall–Kier alpha value is -2.14. The van der Waals surface area contributed by atoms with E-state index in [4.69, 9.17) is 16.3 Å². The van der Waals surface area contributed by atoms with Gasteiger partial charge < -0.3 is 19.5 Å². The average molecular weight is 336 g/mol. The van der Waals surface area contributed by atoms with E-state index in [-0.39, 0.29) is 6.03 Å². The maximum absolute atomic E-state index is 12.2. The van der Waals surface area contributed by atoms with Crippen molar-refractivity contribution < 1.29 is 9.53 Å². The van der Waals surface area contributed by atoms with E-state index in [1.165, 1.54) is 0 Å². The molecule has 0 radical (unpaired) electrons. The van der Waals surface area contributed by atoms with Crippen molar-refractivity contribution in [1.29, 1.82) is 0 Å². The lowest BCUT2D eigenvalue weighted by Crippen LogP contribution is -2.36. The van der Waals surface area contributed by atoms with Gasteiger partial charge in [-0.25, -0.2) is 4.79 Å². The first-order chi connectivity index (χ1) is 11.0. The molecule has 0 saturated heterocycles. The zero-order valence-electron chi connectivity index (χ0n) is 13.7. The van der Waals surface area contributed by atoms with E-state index >= 15 is 0 Å². The first kappa shape index (κ1) is 17.2. The number of halogens is 1. The third-order valence-electron chi connectivity index (χ3n) is 3.52. The Morgan fingerprint density at radius 2 is 2.13 bits per heavy atom. The summed E-state index contributed by atoms with van der Waals surface area (Å²) in [5, 5.41) is 3.58. The van der Waals surface area contributed by atoms with Crippen LogP contribution in [0, 0.1) is 0 Å². The minimum Gasteiger partial charge on any atom is -0.494 e. The van der Waals surface area contributed by atoms with Gasteiger partial charge in [-0.15, -0.1) is 0 Å². The van der Waals surface area contributed by atoms with Gasteiger partial charge in [-0.1, -0.05) is 29.8 Å². The van der Waals surface area contributed by atoms with Gasteiger partial charge in [0.25, 0.3) is 0 Å². The standard InChI is InChI=1S/C17H22ClN3O2/c1-4-23-16-8-6-5-7-13(16)10-19-17(22)21(3)12-15-9-14(18)11-20(15)2/h5-9,11H,4,10,12H2,1-3H3,(H,19,22). The number of nitrogens with one attached hydrogen (secondary N) is 1. The summed E-state index contributed by atoms with van der Waals surface area (Å²) in [6, 6.07) is 9.41. The minimum absolute atomic E-state index is 0.145. The van der Waals surface area contributed by atoms with E-state index in [0.29, 0.717) is 24.7 Å². The maximum atomic E-state index is 12.2. The molecule has 2 amide bonds. The number of amides is 2. The predicted molar refractivity (Wildman–Crippen MR) is 91.7 cm³/mol. The van der Waals surface area contributed by atoms with E-state index in [1.807, 2.05) is 55.1 Å². The van der Waals surface area contributed by atoms with Crippen LogP contribution in [0.2, 0.25) is 5.02 Å². The molecule has 23 heavy (non-hydrogen) atoms. The minimum atomic E-state index is -0.145. The third kappa shape index (κ3) is 4.66. The number of rotatable bonds is 6. The second kappa shape index (κ2) is 7.92. The molecule has 0 aliphatic carbocycles. The van der Waals surface area contributed by atoms with Gasteiger partial charge in [0.2, 0.25) is 0 Å². The van der Waals surface area contributed by atoms with Crippen molar-refractivity contribution in [2.75, 3.05) is 13.7 Å². The molecule has 2 rings (SSSR count). The quantitative estimate of drug-likeness (QED) is 0.879. The summed E-state index contributed by atoms with van der Waals surface area (Å²) >= 11 is 5.96. The largest absolute Gasteiger partial charge is 0.494 e. The smallest absolute Gasteiger partial charge is 0.317 e. The van der Waals surface area contributed by atoms with Crippen molar-refractivity contribution in [2.45, 2.75) is 20.0 Å². The second-order valence-electron chi connectivity index (χ2n) is 5.32. The highest BCUT2D eigenvalue weighted by Gasteiger charge is 2.12. The molecule has 0 saturated carbocycles. The van der Waals surface area contributed by atoms with Crippen LogP contribution in [0.15, 0.2) is 36.5 Å². The van der Waals surface area contributed by atoms with Crippen LogP contribution in [0.4, 0.5) is 4.79 Å². The van der Waals surface area contributed by atoms with Gasteiger partial charge in [-0.05, 0) is 19.1 Å². The fourth-order valence-electron chi connectivity index (χ4n) is 2.29. The van der Waals surface area contributed by atoms with E-state index in [9.17, 15) is 4.79 Å². The van der Waals surface area contributed by atoms with Gasteiger partial charge in [0.15, 0.2) is 0 Å². The summed E-state index contributed by atoms with van der Waals surface area (Å²) in [4.78, 5) is 13.9. The summed E-state index contributed by atoms with van der Waals surface area (Å²) in [6.45, 7) is 3.45. The number of benzene rings is 1. The monoisotopic (exact) mass is 335 g/mol. The van der Waals surface area contributed by atoms with Crippen molar-refractivity contribution in [3.05, 3.63) is 52.8 Å². The van der Waals surface area contributed by atoms with Crippen molar-refractivity contribution in [2.24, 2.45) is 7.05 Å². The summed E-state index contributed by atoms with van der Waals surface area (Å²) in [6.07, 6.45) is 1.82. The summed E-state index contributed by atoms with van der Waals surface area (Å²) < 4.78 is 7.47. The zero-order valence-corrected chi connectivity index (χ0v) is 14.4. The lowest BCUT2D eigenvalue weighted by molar-refractivity contribution is 0.205. The van der Waals surface area contributed by atoms with E-state index < -0.39 is 0 Å². The first-order valence-corrected chi connectivity index (χ1v) is 7.89. The Morgan fingerprint density at radius 3 is 2.78 bits per heavy atom. The number of ether oxygens (including phenoxy) is 1. The van der Waals surface area contributed by atoms with Crippen molar-refractivity contribution in [1.82, 2.24) is 14.8 Å². The fourth-order valence-corrected chi connectivity index (χ4v) is 2.56. The lowest BCUT2D eigenvalue weighted by Gasteiger charge is -2.19. The first-order valence-electron chi connectivity index (χ1n) is 7.51. The number of hydrogen-bond acceptors (Lipinski definition) is 2. The molecule has 6 heteroatoms. The molecular formula is C17H22ClN3O2. The van der Waals surface area contributed by atoms with Crippen LogP contribution in [-0.4, -0.2) is 29.2 Å². The summed E-state index contributed by atoms with van der Waals surface area (Å²) in [5.41, 5.74) is 1.93. The molecule has 0 atom stereocenters. The Kier molecular flexibility index (Phi) is 5.93. The van der Waals surface area contributed by atoms with E-state index in [2.05, 4.69) is 5.32 Å². The van der Waals surface area contributed by atoms with Crippen molar-refractivity contribution >= 4 is 17.6 Å². The molecule has 0 fully saturated rings. The molecule has 1 heterocycles. The number of urea groups is 1. The van der Waals surface area contributed by atoms with Gasteiger partial charge in [-0.2, -0.15) is 0 Å². The molecule has 5 nitrogen and oxygen atoms in total. The van der Waals surface area contributed by atoms with Crippen LogP contribution in [0.25, 0.3) is 0 Å². The normalized spacial score (nSPS) is 10.4. The van der Waals surface area contributed by atoms with Gasteiger partial charge in [0.05, 0.1) is 18.2 Å². The Morgan fingerprint density at radius 1 is 1.39 bits per heavy atom. The predicted octanol–water partition coefficient (Wildman–Crippen LogP) is 3.42. The SMILES string of the molecule is CCOc1ccccc1CNC(=O)N(C)Cc1cc(Cl)cn1C. The third-order valence-corrected chi connectivity index (χ3v) is 3.73. The van der Waals surface area contributed by atoms with E-state index in [0.717, 1.165) is 17.0 Å². The molecule has 1 N–H and O–H groups in total. The Bertz CT molecular complexity index is 670. The van der Waals surface area contributed by atoms with Crippen LogP contribution in [0.3, 0.4) is 0 Å². The number of hydrogen-bond donors (Lipinski definition) is 1. The van der Waals surface area contributed by atoms with Crippen LogP contribution in [0.5, 0.6) is 5.75 Å². The molecule has 0 aliphatic heterocycles. The molecule has 0 spiro atoms. The Labute approximate surface area is 141 Å². The summed E-state index contributed by atoms with van der Waals surface area (Å²) in [7, 11) is 3.66. The van der Waals surface area contributed by atoms with Crippen molar-refractivity contribution in [3.8, 4) is 5.75 Å². The zero-order chi connectivity index (χ0) is 16.8. The average Bonchev–Trinajstić information content (AvgIpc) is 2.84. The molecule has 0 aliphatic rings. The number of carbonyl (C=O) groups is 1. The number of aromatic nitrogens is 1. The molecule has 1 aromatic carbocycles. The number of carbonyl (C=O) groups excluding carboxylic acids is 1. The second-order valence-corrected chi connectivity index (χ2v) is 5.75. The van der Waals surface area contributed by atoms with Crippen molar-refractivity contribution in [3.63, 3.8) is 0 Å². The maximum Gasteiger partial charge on any atom is 0.317 e. The van der Waals surface area contributed by atoms with Gasteiger partial charge in [0, 0.05) is 38.1 Å². The van der Waals surface area contributed by atoms with Crippen LogP contribution in [0.1, 0.15) is 18.2 Å². The highest BCUT2D eigenvalue weighted by Crippen LogP contribution is 2.18. The molecule has 0 unspecified atom stereocenters. The van der Waals surface area contributed by atoms with E-state index in [1.54, 1.807) is 11.9 Å². The molecule has 2 aromatic rings. The highest BCUT2D eigenvalue weighted by atomic mass is 35.5.